The zero-order valence-corrected chi connectivity index (χ0v) is 12.9. The highest BCUT2D eigenvalue weighted by Crippen LogP contribution is 2.20. The fraction of sp³-hybridized carbons (Fsp3) is 0.0625. The highest BCUT2D eigenvalue weighted by Gasteiger charge is 2.15. The van der Waals surface area contributed by atoms with Gasteiger partial charge in [-0.1, -0.05) is 0 Å². The number of aromatic nitrogens is 2. The van der Waals surface area contributed by atoms with Gasteiger partial charge in [0.2, 0.25) is 0 Å². The molecule has 0 saturated heterocycles. The Morgan fingerprint density at radius 2 is 1.88 bits per heavy atom. The number of carbonyl (C=O) groups excluding carboxylic acids is 2. The number of non-ortho nitro benzene ring substituents is 1. The van der Waals surface area contributed by atoms with Crippen LogP contribution < -0.4 is 4.74 Å². The van der Waals surface area contributed by atoms with Crippen molar-refractivity contribution < 1.29 is 24.0 Å². The summed E-state index contributed by atoms with van der Waals surface area (Å²) in [5.74, 6) is -0.353. The van der Waals surface area contributed by atoms with Gasteiger partial charge in [-0.05, 0) is 30.3 Å². The molecule has 0 atom stereocenters. The molecule has 0 bridgehead atoms. The van der Waals surface area contributed by atoms with Crippen LogP contribution in [0.5, 0.6) is 5.75 Å². The van der Waals surface area contributed by atoms with Gasteiger partial charge in [0.25, 0.3) is 5.69 Å². The maximum absolute atomic E-state index is 12.3. The van der Waals surface area contributed by atoms with Gasteiger partial charge >= 0.3 is 12.1 Å². The van der Waals surface area contributed by atoms with E-state index in [4.69, 9.17) is 4.74 Å². The largest absolute Gasteiger partial charge is 0.465 e. The highest BCUT2D eigenvalue weighted by molar-refractivity contribution is 5.95. The molecule has 0 N–H and O–H groups in total. The van der Waals surface area contributed by atoms with E-state index in [1.807, 2.05) is 0 Å². The van der Waals surface area contributed by atoms with Gasteiger partial charge in [0, 0.05) is 12.1 Å². The Morgan fingerprint density at radius 3 is 2.52 bits per heavy atom. The molecule has 9 heteroatoms. The number of fused-ring (bicyclic) bond motifs is 1. The molecule has 2 aromatic carbocycles. The topological polar surface area (TPSA) is 114 Å². The average molecular weight is 341 g/mol. The monoisotopic (exact) mass is 341 g/mol. The van der Waals surface area contributed by atoms with Gasteiger partial charge in [-0.3, -0.25) is 10.1 Å². The maximum atomic E-state index is 12.3. The van der Waals surface area contributed by atoms with Crippen LogP contribution in [0.25, 0.3) is 11.0 Å². The maximum Gasteiger partial charge on any atom is 0.425 e. The van der Waals surface area contributed by atoms with Crippen molar-refractivity contribution in [3.8, 4) is 5.75 Å². The van der Waals surface area contributed by atoms with Crippen LogP contribution in [0.1, 0.15) is 10.4 Å². The minimum absolute atomic E-state index is 0.108. The molecule has 1 aromatic heterocycles. The standard InChI is InChI=1S/C16H11N3O6/c1-24-15(20)10-2-7-14-13(8-10)17-9-18(14)16(21)25-12-5-3-11(4-6-12)19(22)23/h2-9H,1H3. The quantitative estimate of drug-likeness (QED) is 0.409. The molecule has 0 fully saturated rings. The summed E-state index contributed by atoms with van der Waals surface area (Å²) in [5, 5.41) is 10.6. The first-order valence-corrected chi connectivity index (χ1v) is 7.01. The smallest absolute Gasteiger partial charge is 0.425 e. The van der Waals surface area contributed by atoms with E-state index in [0.29, 0.717) is 16.6 Å². The van der Waals surface area contributed by atoms with Crippen LogP contribution in [0.2, 0.25) is 0 Å². The second kappa shape index (κ2) is 6.40. The summed E-state index contributed by atoms with van der Waals surface area (Å²) in [5.41, 5.74) is 1.07. The molecule has 3 aromatic rings. The fourth-order valence-corrected chi connectivity index (χ4v) is 2.19. The number of nitro benzene ring substituents is 1. The number of rotatable bonds is 3. The number of carbonyl (C=O) groups is 2. The van der Waals surface area contributed by atoms with E-state index in [1.54, 1.807) is 6.07 Å². The van der Waals surface area contributed by atoms with Crippen LogP contribution in [0.3, 0.4) is 0 Å². The van der Waals surface area contributed by atoms with Crippen LogP contribution in [-0.4, -0.2) is 33.6 Å². The van der Waals surface area contributed by atoms with Gasteiger partial charge in [0.1, 0.15) is 12.1 Å². The predicted molar refractivity (Wildman–Crippen MR) is 85.6 cm³/mol. The third kappa shape index (κ3) is 3.15. The molecule has 0 aliphatic heterocycles. The van der Waals surface area contributed by atoms with Crippen molar-refractivity contribution in [3.63, 3.8) is 0 Å². The lowest BCUT2D eigenvalue weighted by Crippen LogP contribution is -2.15. The molecule has 0 amide bonds. The molecule has 0 radical (unpaired) electrons. The van der Waals surface area contributed by atoms with E-state index in [1.165, 1.54) is 49.8 Å². The van der Waals surface area contributed by atoms with Crippen LogP contribution in [0.4, 0.5) is 10.5 Å². The van der Waals surface area contributed by atoms with E-state index in [0.717, 1.165) is 4.57 Å². The molecule has 126 valence electrons. The summed E-state index contributed by atoms with van der Waals surface area (Å²) in [6.07, 6.45) is 0.529. The lowest BCUT2D eigenvalue weighted by molar-refractivity contribution is -0.384. The summed E-state index contributed by atoms with van der Waals surface area (Å²) < 4.78 is 11.0. The second-order valence-electron chi connectivity index (χ2n) is 4.93. The Morgan fingerprint density at radius 1 is 1.16 bits per heavy atom. The summed E-state index contributed by atoms with van der Waals surface area (Å²) in [6.45, 7) is 0. The number of hydrogen-bond acceptors (Lipinski definition) is 7. The molecule has 3 rings (SSSR count). The lowest BCUT2D eigenvalue weighted by Gasteiger charge is -2.05. The molecule has 0 aliphatic rings. The summed E-state index contributed by atoms with van der Waals surface area (Å²) in [7, 11) is 1.27. The number of nitrogens with zero attached hydrogens (tertiary/aromatic N) is 3. The van der Waals surface area contributed by atoms with Crippen molar-refractivity contribution in [3.05, 3.63) is 64.5 Å². The Bertz CT molecular complexity index is 977. The van der Waals surface area contributed by atoms with Crippen LogP contribution in [0, 0.1) is 10.1 Å². The van der Waals surface area contributed by atoms with Gasteiger partial charge in [0.15, 0.2) is 0 Å². The van der Waals surface area contributed by atoms with Gasteiger partial charge in [-0.15, -0.1) is 0 Å². The van der Waals surface area contributed by atoms with Gasteiger partial charge in [-0.25, -0.2) is 19.1 Å². The molecule has 25 heavy (non-hydrogen) atoms. The van der Waals surface area contributed by atoms with Crippen molar-refractivity contribution in [2.24, 2.45) is 0 Å². The van der Waals surface area contributed by atoms with E-state index in [9.17, 15) is 19.7 Å². The number of esters is 1. The third-order valence-corrected chi connectivity index (χ3v) is 3.42. The number of ether oxygens (including phenoxy) is 2. The Hall–Kier alpha value is -3.75. The normalized spacial score (nSPS) is 10.4. The summed E-state index contributed by atoms with van der Waals surface area (Å²) >= 11 is 0. The minimum Gasteiger partial charge on any atom is -0.465 e. The molecule has 0 unspecified atom stereocenters. The number of methoxy groups -OCH3 is 1. The van der Waals surface area contributed by atoms with Gasteiger partial charge in [-0.2, -0.15) is 0 Å². The number of hydrogen-bond donors (Lipinski definition) is 0. The van der Waals surface area contributed by atoms with Crippen LogP contribution in [-0.2, 0) is 4.74 Å². The SMILES string of the molecule is COC(=O)c1ccc2c(c1)ncn2C(=O)Oc1ccc([N+](=O)[O-])cc1. The summed E-state index contributed by atoms with van der Waals surface area (Å²) in [4.78, 5) is 37.9. The fourth-order valence-electron chi connectivity index (χ4n) is 2.19. The van der Waals surface area contributed by atoms with E-state index in [-0.39, 0.29) is 11.4 Å². The third-order valence-electron chi connectivity index (χ3n) is 3.42. The average Bonchev–Trinajstić information content (AvgIpc) is 3.04. The number of benzene rings is 2. The predicted octanol–water partition coefficient (Wildman–Crippen LogP) is 2.78. The van der Waals surface area contributed by atoms with Crippen molar-refractivity contribution in [2.75, 3.05) is 7.11 Å². The molecule has 0 spiro atoms. The van der Waals surface area contributed by atoms with E-state index >= 15 is 0 Å². The molecular weight excluding hydrogens is 330 g/mol. The zero-order chi connectivity index (χ0) is 18.0. The van der Waals surface area contributed by atoms with Gasteiger partial charge in [0.05, 0.1) is 28.6 Å². The van der Waals surface area contributed by atoms with Crippen LogP contribution in [0.15, 0.2) is 48.8 Å². The Labute approximate surface area is 140 Å². The van der Waals surface area contributed by atoms with Crippen molar-refractivity contribution in [1.82, 2.24) is 9.55 Å². The number of imidazole rings is 1. The molecule has 0 saturated carbocycles. The zero-order valence-electron chi connectivity index (χ0n) is 12.9. The first kappa shape index (κ1) is 16.1. The van der Waals surface area contributed by atoms with E-state index < -0.39 is 17.0 Å². The molecule has 1 heterocycles. The van der Waals surface area contributed by atoms with Gasteiger partial charge < -0.3 is 9.47 Å². The first-order valence-electron chi connectivity index (χ1n) is 7.01. The van der Waals surface area contributed by atoms with E-state index in [2.05, 4.69) is 9.72 Å². The molecule has 9 nitrogen and oxygen atoms in total. The lowest BCUT2D eigenvalue weighted by atomic mass is 10.2. The minimum atomic E-state index is -0.734. The van der Waals surface area contributed by atoms with Crippen molar-refractivity contribution >= 4 is 28.8 Å². The molecule has 0 aliphatic carbocycles. The second-order valence-corrected chi connectivity index (χ2v) is 4.93. The summed E-state index contributed by atoms with van der Waals surface area (Å²) in [6, 6.07) is 9.66. The van der Waals surface area contributed by atoms with Crippen LogP contribution >= 0.6 is 0 Å². The Balaban J connectivity index is 1.84. The molecular formula is C16H11N3O6. The highest BCUT2D eigenvalue weighted by atomic mass is 16.6. The Kier molecular flexibility index (Phi) is 4.12. The first-order chi connectivity index (χ1) is 12.0. The van der Waals surface area contributed by atoms with Crippen molar-refractivity contribution in [1.29, 1.82) is 0 Å². The number of nitro groups is 1. The van der Waals surface area contributed by atoms with Crippen molar-refractivity contribution in [2.45, 2.75) is 0 Å².